The molecule has 6 aliphatic rings. The van der Waals surface area contributed by atoms with Crippen molar-refractivity contribution in [2.24, 2.45) is 35.5 Å². The summed E-state index contributed by atoms with van der Waals surface area (Å²) in [4.78, 5) is 31.3. The van der Waals surface area contributed by atoms with E-state index in [9.17, 15) is 9.90 Å². The van der Waals surface area contributed by atoms with E-state index in [1.165, 1.54) is 0 Å². The van der Waals surface area contributed by atoms with Crippen LogP contribution in [0.3, 0.4) is 0 Å². The average Bonchev–Trinajstić information content (AvgIpc) is 3.86. The highest BCUT2D eigenvalue weighted by molar-refractivity contribution is 5.99. The van der Waals surface area contributed by atoms with Crippen LogP contribution in [0.4, 0.5) is 0 Å². The molecule has 354 valence electrons. The Morgan fingerprint density at radius 1 is 0.841 bits per heavy atom. The summed E-state index contributed by atoms with van der Waals surface area (Å²) in [5, 5.41) is 16.5. The van der Waals surface area contributed by atoms with Gasteiger partial charge in [-0.05, 0) is 120 Å². The number of nitrogens with zero attached hydrogens (tertiary/aromatic N) is 1. The fourth-order valence-corrected chi connectivity index (χ4v) is 12.3. The molecule has 14 nitrogen and oxygen atoms in total. The molecule has 0 bridgehead atoms. The Labute approximate surface area is 375 Å². The third-order valence-corrected chi connectivity index (χ3v) is 15.6. The quantitative estimate of drug-likeness (QED) is 0.241. The predicted molar refractivity (Wildman–Crippen MR) is 235 cm³/mol. The molecule has 3 unspecified atom stereocenters. The van der Waals surface area contributed by atoms with Gasteiger partial charge in [0, 0.05) is 57.7 Å². The number of aliphatic hydroxyl groups excluding tert-OH is 1. The van der Waals surface area contributed by atoms with Crippen LogP contribution in [0.15, 0.2) is 35.9 Å². The zero-order chi connectivity index (χ0) is 45.1. The Morgan fingerprint density at radius 2 is 1.56 bits per heavy atom. The van der Waals surface area contributed by atoms with Gasteiger partial charge < -0.3 is 58.0 Å². The van der Waals surface area contributed by atoms with E-state index >= 15 is 4.79 Å². The number of likely N-dealkylation sites (N-methyl/N-ethyl adjacent to an activating group) is 1. The highest BCUT2D eigenvalue weighted by atomic mass is 16.7. The summed E-state index contributed by atoms with van der Waals surface area (Å²) in [6.07, 6.45) is 3.46. The lowest BCUT2D eigenvalue weighted by atomic mass is 9.62. The molecule has 63 heavy (non-hydrogen) atoms. The van der Waals surface area contributed by atoms with E-state index in [0.29, 0.717) is 50.3 Å². The summed E-state index contributed by atoms with van der Waals surface area (Å²) < 4.78 is 55.7. The maximum absolute atomic E-state index is 15.1. The Balaban J connectivity index is 1.19. The molecule has 3 aliphatic carbocycles. The van der Waals surface area contributed by atoms with Crippen molar-refractivity contribution in [3.63, 3.8) is 0 Å². The lowest BCUT2D eigenvalue weighted by Gasteiger charge is -2.47. The topological polar surface area (TPSA) is 153 Å². The van der Waals surface area contributed by atoms with Gasteiger partial charge >= 0.3 is 5.97 Å². The second-order valence-corrected chi connectivity index (χ2v) is 19.4. The molecule has 0 aromatic heterocycles. The number of fused-ring (bicyclic) bond motifs is 5. The molecule has 0 amide bonds. The summed E-state index contributed by atoms with van der Waals surface area (Å²) in [7, 11) is 10.7. The number of Topliss-reactive ketones (excluding diaryl/α,β-unsaturated/α-hetero) is 1. The molecule has 5 fully saturated rings. The van der Waals surface area contributed by atoms with Gasteiger partial charge in [0.25, 0.3) is 0 Å². The van der Waals surface area contributed by atoms with Crippen LogP contribution < -0.4 is 10.1 Å². The largest absolute Gasteiger partial charge is 0.497 e. The Kier molecular flexibility index (Phi) is 16.5. The fraction of sp³-hybridized carbons (Fsp3) is 0.796. The Morgan fingerprint density at radius 3 is 2.21 bits per heavy atom. The normalized spacial score (nSPS) is 42.3. The summed E-state index contributed by atoms with van der Waals surface area (Å²) >= 11 is 0. The molecule has 3 aliphatic heterocycles. The number of ether oxygens (including phenoxy) is 9. The summed E-state index contributed by atoms with van der Waals surface area (Å²) in [5.74, 6) is -1.15. The van der Waals surface area contributed by atoms with Crippen molar-refractivity contribution >= 4 is 11.8 Å². The van der Waals surface area contributed by atoms with Gasteiger partial charge in [-0.1, -0.05) is 32.1 Å². The van der Waals surface area contributed by atoms with E-state index < -0.39 is 48.6 Å². The molecular weight excluding hydrogens is 809 g/mol. The first kappa shape index (κ1) is 48.4. The first-order valence-corrected chi connectivity index (χ1v) is 23.7. The summed E-state index contributed by atoms with van der Waals surface area (Å²) in [5.41, 5.74) is 1.66. The number of ketones is 1. The minimum Gasteiger partial charge on any atom is -0.497 e. The SMILES string of the molecule is CC[C@H]1CCC[C@H](O[C@H]2CC[C@H](N(C)C)C(C)O2)[C@@H](C)C(=O)C2=C[C@H]3[C@@H]4C[C@H](O[C@@H]5OC(C)[C@H](OC)C(OC)[C@@H]5OC)C[C@H]4[C@@H](NCc4ccc(OC)cc4)[C@@H](O)[C@H]3[C@@H]2CC(=O)O1. The van der Waals surface area contributed by atoms with Crippen molar-refractivity contribution in [2.45, 2.75) is 172 Å². The Hall–Kier alpha value is -2.50. The van der Waals surface area contributed by atoms with Gasteiger partial charge in [0.15, 0.2) is 18.4 Å². The van der Waals surface area contributed by atoms with Gasteiger partial charge in [-0.25, -0.2) is 0 Å². The number of rotatable bonds is 13. The monoisotopic (exact) mass is 885 g/mol. The third-order valence-electron chi connectivity index (χ3n) is 15.6. The van der Waals surface area contributed by atoms with Gasteiger partial charge in [0.05, 0.1) is 44.1 Å². The van der Waals surface area contributed by atoms with Crippen LogP contribution in [0.2, 0.25) is 0 Å². The molecule has 1 aromatic rings. The molecule has 0 radical (unpaired) electrons. The number of carbonyl (C=O) groups excluding carboxylic acids is 2. The minimum atomic E-state index is -0.871. The lowest BCUT2D eigenvalue weighted by molar-refractivity contribution is -0.314. The highest BCUT2D eigenvalue weighted by Crippen LogP contribution is 2.57. The number of benzene rings is 1. The number of nitrogens with one attached hydrogen (secondary N) is 1. The molecule has 2 saturated carbocycles. The molecule has 7 rings (SSSR count). The number of hydrogen-bond donors (Lipinski definition) is 2. The van der Waals surface area contributed by atoms with Gasteiger partial charge in [-0.15, -0.1) is 0 Å². The first-order chi connectivity index (χ1) is 30.3. The van der Waals surface area contributed by atoms with E-state index in [-0.39, 0.29) is 78.6 Å². The maximum atomic E-state index is 15.1. The number of aliphatic hydroxyl groups is 1. The standard InChI is InChI=1S/C49H76N2O12/c1-11-30-13-12-14-39(63-41-20-19-38(51(5)6)27(3)59-41)26(2)44(53)37-23-34-33-21-32(62-49-48(58-10)47(57-9)46(56-8)28(4)60-49)22-36(33)43(45(54)42(34)35(37)24-40(52)61-30)50-25-29-15-17-31(55-7)18-16-29/h15-18,23,26-28,30,32-36,38-39,41-43,45-50,54H,11-14,19-22,24-25H2,1-10H3/t26-,27?,28?,30+,32+,33+,34+,35-,36-,38+,39+,41+,42-,43-,45+,46+,47?,48+,49+/m1/s1. The molecule has 3 saturated heterocycles. The van der Waals surface area contributed by atoms with Crippen molar-refractivity contribution in [1.82, 2.24) is 10.2 Å². The van der Waals surface area contributed by atoms with Crippen molar-refractivity contribution in [1.29, 1.82) is 0 Å². The van der Waals surface area contributed by atoms with E-state index in [2.05, 4.69) is 37.3 Å². The number of methoxy groups -OCH3 is 4. The van der Waals surface area contributed by atoms with Crippen LogP contribution in [0.25, 0.3) is 0 Å². The van der Waals surface area contributed by atoms with E-state index in [1.807, 2.05) is 45.0 Å². The van der Waals surface area contributed by atoms with Gasteiger partial charge in [0.1, 0.15) is 30.2 Å². The molecule has 1 aromatic carbocycles. The van der Waals surface area contributed by atoms with Crippen molar-refractivity contribution < 1.29 is 57.3 Å². The zero-order valence-corrected chi connectivity index (χ0v) is 39.3. The Bertz CT molecular complexity index is 1690. The first-order valence-electron chi connectivity index (χ1n) is 23.7. The second-order valence-electron chi connectivity index (χ2n) is 19.4. The predicted octanol–water partition coefficient (Wildman–Crippen LogP) is 5.46. The van der Waals surface area contributed by atoms with Crippen LogP contribution in [0.5, 0.6) is 5.75 Å². The molecule has 19 atom stereocenters. The smallest absolute Gasteiger partial charge is 0.306 e. The van der Waals surface area contributed by atoms with E-state index in [4.69, 9.17) is 42.6 Å². The van der Waals surface area contributed by atoms with Crippen LogP contribution in [0, 0.1) is 35.5 Å². The summed E-state index contributed by atoms with van der Waals surface area (Å²) in [6, 6.07) is 7.86. The third kappa shape index (κ3) is 10.4. The lowest BCUT2D eigenvalue weighted by Crippen LogP contribution is -2.59. The van der Waals surface area contributed by atoms with Gasteiger partial charge in [0.2, 0.25) is 0 Å². The van der Waals surface area contributed by atoms with Crippen LogP contribution in [0.1, 0.15) is 91.0 Å². The number of allylic oxidation sites excluding steroid dienone is 2. The second kappa shape index (κ2) is 21.4. The molecular formula is C49H76N2O12. The fourth-order valence-electron chi connectivity index (χ4n) is 12.3. The van der Waals surface area contributed by atoms with E-state index in [0.717, 1.165) is 30.6 Å². The van der Waals surface area contributed by atoms with Crippen molar-refractivity contribution in [3.05, 3.63) is 41.5 Å². The van der Waals surface area contributed by atoms with Crippen LogP contribution in [-0.4, -0.2) is 144 Å². The van der Waals surface area contributed by atoms with Gasteiger partial charge in [-0.2, -0.15) is 0 Å². The average molecular weight is 885 g/mol. The minimum absolute atomic E-state index is 0.00810. The van der Waals surface area contributed by atoms with Crippen molar-refractivity contribution in [3.8, 4) is 5.75 Å². The number of hydrogen-bond acceptors (Lipinski definition) is 14. The molecule has 3 heterocycles. The van der Waals surface area contributed by atoms with Gasteiger partial charge in [-0.3, -0.25) is 9.59 Å². The molecule has 0 spiro atoms. The zero-order valence-electron chi connectivity index (χ0n) is 39.3. The molecule has 2 N–H and O–H groups in total. The highest BCUT2D eigenvalue weighted by Gasteiger charge is 2.59. The number of cyclic esters (lactones) is 1. The van der Waals surface area contributed by atoms with E-state index in [1.54, 1.807) is 28.4 Å². The molecule has 14 heteroatoms. The number of esters is 1. The van der Waals surface area contributed by atoms with Crippen molar-refractivity contribution in [2.75, 3.05) is 42.5 Å². The maximum Gasteiger partial charge on any atom is 0.306 e. The van der Waals surface area contributed by atoms with Crippen LogP contribution >= 0.6 is 0 Å². The summed E-state index contributed by atoms with van der Waals surface area (Å²) in [6.45, 7) is 8.57. The number of carbonyl (C=O) groups is 2. The van der Waals surface area contributed by atoms with Crippen LogP contribution in [-0.2, 0) is 54.0 Å².